The molecule has 1 N–H and O–H groups in total. The van der Waals surface area contributed by atoms with E-state index >= 15 is 0 Å². The van der Waals surface area contributed by atoms with Gasteiger partial charge >= 0.3 is 0 Å². The third kappa shape index (κ3) is 2.21. The normalized spacial score (nSPS) is 34.8. The van der Waals surface area contributed by atoms with Gasteiger partial charge in [0.1, 0.15) is 0 Å². The van der Waals surface area contributed by atoms with Crippen LogP contribution < -0.4 is 10.2 Å². The van der Waals surface area contributed by atoms with Crippen LogP contribution in [0.4, 0.5) is 5.69 Å². The molecule has 0 unspecified atom stereocenters. The van der Waals surface area contributed by atoms with Crippen molar-refractivity contribution in [3.63, 3.8) is 0 Å². The summed E-state index contributed by atoms with van der Waals surface area (Å²) in [6.45, 7) is 3.16. The zero-order valence-electron chi connectivity index (χ0n) is 12.1. The Morgan fingerprint density at radius 2 is 2.35 bits per heavy atom. The molecule has 1 aromatic rings. The van der Waals surface area contributed by atoms with E-state index in [4.69, 9.17) is 4.74 Å². The Kier molecular flexibility index (Phi) is 3.15. The van der Waals surface area contributed by atoms with Gasteiger partial charge in [-0.3, -0.25) is 4.98 Å². The van der Waals surface area contributed by atoms with E-state index in [0.717, 1.165) is 31.5 Å². The molecule has 4 nitrogen and oxygen atoms in total. The zero-order chi connectivity index (χ0) is 13.5. The fourth-order valence-electron chi connectivity index (χ4n) is 3.93. The van der Waals surface area contributed by atoms with E-state index in [1.807, 2.05) is 6.20 Å². The molecule has 1 aromatic heterocycles. The summed E-state index contributed by atoms with van der Waals surface area (Å²) in [6, 6.07) is 3.75. The van der Waals surface area contributed by atoms with Crippen LogP contribution in [0.5, 0.6) is 0 Å². The number of rotatable bonds is 5. The second-order valence-electron chi connectivity index (χ2n) is 6.51. The maximum Gasteiger partial charge on any atom is 0.0559 e. The standard InChI is InChI=1S/C16H23N3O/c1-20-3-2-11-5-16(11)12-4-14(8-17-7-12)19-10-13-6-15(19)9-18-13/h4,7-8,11,13,15-16,18H,2-3,5-6,9-10H2,1H3/t11-,13-,15-,16-/m0/s1. The summed E-state index contributed by atoms with van der Waals surface area (Å²) < 4.78 is 5.18. The Labute approximate surface area is 120 Å². The van der Waals surface area contributed by atoms with Crippen LogP contribution in [0, 0.1) is 5.92 Å². The van der Waals surface area contributed by atoms with Gasteiger partial charge in [-0.1, -0.05) is 0 Å². The van der Waals surface area contributed by atoms with E-state index in [1.165, 1.54) is 30.5 Å². The number of nitrogens with zero attached hydrogens (tertiary/aromatic N) is 2. The Balaban J connectivity index is 1.46. The van der Waals surface area contributed by atoms with Crippen LogP contribution in [-0.4, -0.2) is 43.9 Å². The van der Waals surface area contributed by atoms with Gasteiger partial charge in [0.15, 0.2) is 0 Å². The largest absolute Gasteiger partial charge is 0.385 e. The van der Waals surface area contributed by atoms with Crippen molar-refractivity contribution in [2.45, 2.75) is 37.3 Å². The first-order chi connectivity index (χ1) is 9.85. The quantitative estimate of drug-likeness (QED) is 0.887. The van der Waals surface area contributed by atoms with E-state index in [-0.39, 0.29) is 0 Å². The summed E-state index contributed by atoms with van der Waals surface area (Å²) in [5, 5.41) is 3.56. The number of hydrogen-bond acceptors (Lipinski definition) is 4. The van der Waals surface area contributed by atoms with Crippen molar-refractivity contribution in [3.05, 3.63) is 24.0 Å². The highest BCUT2D eigenvalue weighted by molar-refractivity contribution is 5.51. The number of nitrogens with one attached hydrogen (secondary N) is 1. The zero-order valence-corrected chi connectivity index (χ0v) is 12.1. The van der Waals surface area contributed by atoms with Crippen molar-refractivity contribution in [1.82, 2.24) is 10.3 Å². The molecule has 108 valence electrons. The fraction of sp³-hybridized carbons (Fsp3) is 0.688. The summed E-state index contributed by atoms with van der Waals surface area (Å²) in [6.07, 6.45) is 7.89. The first-order valence-corrected chi connectivity index (χ1v) is 7.79. The molecule has 4 rings (SSSR count). The van der Waals surface area contributed by atoms with Gasteiger partial charge in [-0.25, -0.2) is 0 Å². The predicted molar refractivity (Wildman–Crippen MR) is 79.1 cm³/mol. The molecule has 3 fully saturated rings. The van der Waals surface area contributed by atoms with E-state index in [0.29, 0.717) is 12.1 Å². The lowest BCUT2D eigenvalue weighted by Gasteiger charge is -2.29. The number of pyridine rings is 1. The summed E-state index contributed by atoms with van der Waals surface area (Å²) in [5.74, 6) is 1.53. The smallest absolute Gasteiger partial charge is 0.0559 e. The van der Waals surface area contributed by atoms with Gasteiger partial charge in [0.05, 0.1) is 11.9 Å². The van der Waals surface area contributed by atoms with Crippen LogP contribution in [0.3, 0.4) is 0 Å². The lowest BCUT2D eigenvalue weighted by molar-refractivity contribution is 0.189. The average molecular weight is 273 g/mol. The molecule has 2 saturated heterocycles. The van der Waals surface area contributed by atoms with Crippen LogP contribution in [0.2, 0.25) is 0 Å². The predicted octanol–water partition coefficient (Wildman–Crippen LogP) is 1.77. The SMILES string of the molecule is COCC[C@H]1C[C@@H]1c1cncc(N2C[C@@H]3C[C@H]2CN3)c1. The molecule has 0 amide bonds. The maximum absolute atomic E-state index is 5.18. The highest BCUT2D eigenvalue weighted by Crippen LogP contribution is 2.50. The number of ether oxygens (including phenoxy) is 1. The molecule has 20 heavy (non-hydrogen) atoms. The summed E-state index contributed by atoms with van der Waals surface area (Å²) in [4.78, 5) is 7.04. The second kappa shape index (κ2) is 5.01. The number of aromatic nitrogens is 1. The van der Waals surface area contributed by atoms with Gasteiger partial charge in [0, 0.05) is 45.1 Å². The summed E-state index contributed by atoms with van der Waals surface area (Å²) in [5.41, 5.74) is 2.76. The van der Waals surface area contributed by atoms with E-state index in [2.05, 4.69) is 27.5 Å². The lowest BCUT2D eigenvalue weighted by atomic mass is 10.1. The number of methoxy groups -OCH3 is 1. The molecule has 0 radical (unpaired) electrons. The van der Waals surface area contributed by atoms with Crippen molar-refractivity contribution in [3.8, 4) is 0 Å². The lowest BCUT2D eigenvalue weighted by Crippen LogP contribution is -2.43. The molecular formula is C16H23N3O. The summed E-state index contributed by atoms with van der Waals surface area (Å²) >= 11 is 0. The van der Waals surface area contributed by atoms with E-state index < -0.39 is 0 Å². The van der Waals surface area contributed by atoms with Crippen LogP contribution >= 0.6 is 0 Å². The van der Waals surface area contributed by atoms with Gasteiger partial charge in [-0.05, 0) is 42.7 Å². The van der Waals surface area contributed by atoms with Gasteiger partial charge in [-0.15, -0.1) is 0 Å². The molecule has 3 aliphatic rings. The van der Waals surface area contributed by atoms with Crippen molar-refractivity contribution in [1.29, 1.82) is 0 Å². The van der Waals surface area contributed by atoms with E-state index in [1.54, 1.807) is 7.11 Å². The minimum absolute atomic E-state index is 0.681. The average Bonchev–Trinajstić information content (AvgIpc) is 2.94. The Morgan fingerprint density at radius 1 is 1.40 bits per heavy atom. The molecule has 2 bridgehead atoms. The minimum Gasteiger partial charge on any atom is -0.385 e. The number of hydrogen-bond donors (Lipinski definition) is 1. The van der Waals surface area contributed by atoms with Gasteiger partial charge in [0.25, 0.3) is 0 Å². The topological polar surface area (TPSA) is 37.4 Å². The van der Waals surface area contributed by atoms with Crippen LogP contribution in [-0.2, 0) is 4.74 Å². The monoisotopic (exact) mass is 273 g/mol. The first-order valence-electron chi connectivity index (χ1n) is 7.79. The number of anilines is 1. The third-order valence-corrected chi connectivity index (χ3v) is 5.18. The van der Waals surface area contributed by atoms with Crippen molar-refractivity contribution in [2.24, 2.45) is 5.92 Å². The molecule has 4 atom stereocenters. The first kappa shape index (κ1) is 12.6. The maximum atomic E-state index is 5.18. The number of fused-ring (bicyclic) bond motifs is 2. The highest BCUT2D eigenvalue weighted by atomic mass is 16.5. The van der Waals surface area contributed by atoms with Crippen LogP contribution in [0.1, 0.15) is 30.7 Å². The Hall–Kier alpha value is -1.13. The fourth-order valence-corrected chi connectivity index (χ4v) is 3.93. The molecular weight excluding hydrogens is 250 g/mol. The summed E-state index contributed by atoms with van der Waals surface area (Å²) in [7, 11) is 1.79. The van der Waals surface area contributed by atoms with Crippen LogP contribution in [0.15, 0.2) is 18.5 Å². The second-order valence-corrected chi connectivity index (χ2v) is 6.51. The molecule has 0 spiro atoms. The van der Waals surface area contributed by atoms with Crippen molar-refractivity contribution < 1.29 is 4.74 Å². The van der Waals surface area contributed by atoms with Gasteiger partial charge in [-0.2, -0.15) is 0 Å². The molecule has 4 heteroatoms. The molecule has 2 aliphatic heterocycles. The molecule has 0 aromatic carbocycles. The van der Waals surface area contributed by atoms with E-state index in [9.17, 15) is 0 Å². The molecule has 3 heterocycles. The Bertz CT molecular complexity index is 492. The molecule has 1 saturated carbocycles. The third-order valence-electron chi connectivity index (χ3n) is 5.18. The van der Waals surface area contributed by atoms with Crippen LogP contribution in [0.25, 0.3) is 0 Å². The Morgan fingerprint density at radius 3 is 3.10 bits per heavy atom. The van der Waals surface area contributed by atoms with Gasteiger partial charge < -0.3 is 15.0 Å². The molecule has 1 aliphatic carbocycles. The van der Waals surface area contributed by atoms with Crippen molar-refractivity contribution >= 4 is 5.69 Å². The van der Waals surface area contributed by atoms with Crippen molar-refractivity contribution in [2.75, 3.05) is 31.7 Å². The highest BCUT2D eigenvalue weighted by Gasteiger charge is 2.40. The minimum atomic E-state index is 0.681. The number of piperazine rings is 1. The van der Waals surface area contributed by atoms with Gasteiger partial charge in [0.2, 0.25) is 0 Å².